The Bertz CT molecular complexity index is 765. The molecular weight excluding hydrogens is 337 g/mol. The topological polar surface area (TPSA) is 76.1 Å². The van der Waals surface area contributed by atoms with E-state index in [2.05, 4.69) is 20.6 Å². The summed E-state index contributed by atoms with van der Waals surface area (Å²) in [5.41, 5.74) is -0.571. The SMILES string of the molecule is O=C(Nc1ccc(F)c(F)c1F)c1cnc(NCC2CCCO2)cn1. The second kappa shape index (κ2) is 7.47. The van der Waals surface area contributed by atoms with Crippen LogP contribution in [0.3, 0.4) is 0 Å². The molecule has 0 bridgehead atoms. The molecule has 3 rings (SSSR count). The van der Waals surface area contributed by atoms with Crippen LogP contribution in [0.25, 0.3) is 0 Å². The van der Waals surface area contributed by atoms with Gasteiger partial charge in [-0.2, -0.15) is 0 Å². The molecule has 0 radical (unpaired) electrons. The molecule has 1 saturated heterocycles. The van der Waals surface area contributed by atoms with E-state index in [-0.39, 0.29) is 11.8 Å². The van der Waals surface area contributed by atoms with Crippen molar-refractivity contribution in [2.45, 2.75) is 18.9 Å². The Labute approximate surface area is 141 Å². The zero-order valence-electron chi connectivity index (χ0n) is 13.1. The monoisotopic (exact) mass is 352 g/mol. The lowest BCUT2D eigenvalue weighted by molar-refractivity contribution is 0.102. The molecule has 132 valence electrons. The minimum Gasteiger partial charge on any atom is -0.376 e. The van der Waals surface area contributed by atoms with Crippen LogP contribution in [0.4, 0.5) is 24.7 Å². The van der Waals surface area contributed by atoms with E-state index in [1.54, 1.807) is 0 Å². The van der Waals surface area contributed by atoms with E-state index in [4.69, 9.17) is 4.74 Å². The lowest BCUT2D eigenvalue weighted by atomic mass is 10.2. The van der Waals surface area contributed by atoms with E-state index >= 15 is 0 Å². The third-order valence-electron chi connectivity index (χ3n) is 3.70. The third-order valence-corrected chi connectivity index (χ3v) is 3.70. The van der Waals surface area contributed by atoms with Crippen molar-refractivity contribution in [3.8, 4) is 0 Å². The zero-order valence-corrected chi connectivity index (χ0v) is 13.1. The second-order valence-corrected chi connectivity index (χ2v) is 5.48. The fraction of sp³-hybridized carbons (Fsp3) is 0.312. The number of amides is 1. The number of halogens is 3. The van der Waals surface area contributed by atoms with E-state index in [0.717, 1.165) is 31.6 Å². The van der Waals surface area contributed by atoms with Crippen molar-refractivity contribution in [1.82, 2.24) is 9.97 Å². The smallest absolute Gasteiger partial charge is 0.275 e. The molecule has 9 heteroatoms. The first-order valence-electron chi connectivity index (χ1n) is 7.67. The molecule has 2 N–H and O–H groups in total. The Morgan fingerprint density at radius 1 is 1.20 bits per heavy atom. The predicted octanol–water partition coefficient (Wildman–Crippen LogP) is 2.74. The van der Waals surface area contributed by atoms with Gasteiger partial charge in [-0.15, -0.1) is 0 Å². The van der Waals surface area contributed by atoms with E-state index in [9.17, 15) is 18.0 Å². The van der Waals surface area contributed by atoms with Gasteiger partial charge in [0.15, 0.2) is 17.5 Å². The minimum absolute atomic E-state index is 0.0909. The van der Waals surface area contributed by atoms with Crippen molar-refractivity contribution in [3.05, 3.63) is 47.7 Å². The number of hydrogen-bond donors (Lipinski definition) is 2. The average molecular weight is 352 g/mol. The summed E-state index contributed by atoms with van der Waals surface area (Å²) in [4.78, 5) is 20.0. The van der Waals surface area contributed by atoms with Gasteiger partial charge >= 0.3 is 0 Å². The predicted molar refractivity (Wildman–Crippen MR) is 83.8 cm³/mol. The minimum atomic E-state index is -1.66. The molecule has 1 aliphatic heterocycles. The van der Waals surface area contributed by atoms with Crippen LogP contribution in [-0.2, 0) is 4.74 Å². The van der Waals surface area contributed by atoms with Crippen LogP contribution < -0.4 is 10.6 Å². The van der Waals surface area contributed by atoms with Gasteiger partial charge in [-0.05, 0) is 25.0 Å². The Kier molecular flexibility index (Phi) is 5.13. The molecule has 2 aromatic rings. The summed E-state index contributed by atoms with van der Waals surface area (Å²) in [7, 11) is 0. The molecule has 25 heavy (non-hydrogen) atoms. The van der Waals surface area contributed by atoms with Gasteiger partial charge in [0.1, 0.15) is 11.5 Å². The highest BCUT2D eigenvalue weighted by molar-refractivity contribution is 6.02. The zero-order chi connectivity index (χ0) is 17.8. The molecule has 2 heterocycles. The molecule has 1 aromatic carbocycles. The lowest BCUT2D eigenvalue weighted by Crippen LogP contribution is -2.20. The van der Waals surface area contributed by atoms with Crippen LogP contribution in [0.1, 0.15) is 23.3 Å². The maximum atomic E-state index is 13.6. The number of ether oxygens (including phenoxy) is 1. The van der Waals surface area contributed by atoms with Crippen molar-refractivity contribution in [3.63, 3.8) is 0 Å². The number of anilines is 2. The van der Waals surface area contributed by atoms with E-state index in [1.165, 1.54) is 12.4 Å². The summed E-state index contributed by atoms with van der Waals surface area (Å²) < 4.78 is 45.1. The Morgan fingerprint density at radius 2 is 2.04 bits per heavy atom. The van der Waals surface area contributed by atoms with Gasteiger partial charge in [-0.3, -0.25) is 4.79 Å². The van der Waals surface area contributed by atoms with Crippen molar-refractivity contribution >= 4 is 17.4 Å². The normalized spacial score (nSPS) is 16.7. The summed E-state index contributed by atoms with van der Waals surface area (Å²) in [6.45, 7) is 1.33. The summed E-state index contributed by atoms with van der Waals surface area (Å²) in [6, 6.07) is 1.65. The summed E-state index contributed by atoms with van der Waals surface area (Å²) in [5.74, 6) is -4.79. The van der Waals surface area contributed by atoms with Gasteiger partial charge in [0.2, 0.25) is 0 Å². The fourth-order valence-electron chi connectivity index (χ4n) is 2.37. The third kappa shape index (κ3) is 4.05. The Morgan fingerprint density at radius 3 is 2.72 bits per heavy atom. The molecule has 0 saturated carbocycles. The quantitative estimate of drug-likeness (QED) is 0.810. The van der Waals surface area contributed by atoms with Crippen LogP contribution >= 0.6 is 0 Å². The largest absolute Gasteiger partial charge is 0.376 e. The van der Waals surface area contributed by atoms with E-state index < -0.39 is 29.0 Å². The number of carbonyl (C=O) groups is 1. The van der Waals surface area contributed by atoms with Crippen LogP contribution in [0.5, 0.6) is 0 Å². The number of nitrogens with one attached hydrogen (secondary N) is 2. The standard InChI is InChI=1S/C16H15F3N4O2/c17-10-3-4-11(15(19)14(10)18)23-16(24)12-7-22-13(8-20-12)21-6-9-2-1-5-25-9/h3-4,7-9H,1-2,5-6H2,(H,21,22)(H,23,24). The molecule has 0 aliphatic carbocycles. The van der Waals surface area contributed by atoms with Gasteiger partial charge in [0.05, 0.1) is 24.2 Å². The van der Waals surface area contributed by atoms with Crippen LogP contribution in [0.2, 0.25) is 0 Å². The average Bonchev–Trinajstić information content (AvgIpc) is 3.14. The molecular formula is C16H15F3N4O2. The molecule has 1 unspecified atom stereocenters. The summed E-state index contributed by atoms with van der Waals surface area (Å²) in [6.07, 6.45) is 4.68. The molecule has 1 fully saturated rings. The van der Waals surface area contributed by atoms with Gasteiger partial charge in [-0.1, -0.05) is 0 Å². The van der Waals surface area contributed by atoms with E-state index in [1.807, 2.05) is 0 Å². The number of nitrogens with zero attached hydrogens (tertiary/aromatic N) is 2. The van der Waals surface area contributed by atoms with Gasteiger partial charge in [-0.25, -0.2) is 23.1 Å². The maximum Gasteiger partial charge on any atom is 0.275 e. The number of carbonyl (C=O) groups excluding carboxylic acids is 1. The molecule has 1 atom stereocenters. The first-order valence-corrected chi connectivity index (χ1v) is 7.67. The second-order valence-electron chi connectivity index (χ2n) is 5.48. The number of hydrogen-bond acceptors (Lipinski definition) is 5. The fourth-order valence-corrected chi connectivity index (χ4v) is 2.37. The van der Waals surface area contributed by atoms with Crippen LogP contribution in [0.15, 0.2) is 24.5 Å². The molecule has 1 aromatic heterocycles. The first-order chi connectivity index (χ1) is 12.0. The molecule has 1 aliphatic rings. The Balaban J connectivity index is 1.61. The van der Waals surface area contributed by atoms with Gasteiger partial charge < -0.3 is 15.4 Å². The number of rotatable bonds is 5. The summed E-state index contributed by atoms with van der Waals surface area (Å²) in [5, 5.41) is 5.17. The van der Waals surface area contributed by atoms with Gasteiger partial charge in [0, 0.05) is 13.2 Å². The van der Waals surface area contributed by atoms with E-state index in [0.29, 0.717) is 12.4 Å². The highest BCUT2D eigenvalue weighted by atomic mass is 19.2. The Hall–Kier alpha value is -2.68. The highest BCUT2D eigenvalue weighted by Gasteiger charge is 2.17. The molecule has 1 amide bonds. The first kappa shape index (κ1) is 17.2. The van der Waals surface area contributed by atoms with Crippen LogP contribution in [-0.4, -0.2) is 35.1 Å². The van der Waals surface area contributed by atoms with Crippen molar-refractivity contribution in [2.24, 2.45) is 0 Å². The molecule has 0 spiro atoms. The maximum absolute atomic E-state index is 13.6. The highest BCUT2D eigenvalue weighted by Crippen LogP contribution is 2.20. The van der Waals surface area contributed by atoms with Gasteiger partial charge in [0.25, 0.3) is 5.91 Å². The summed E-state index contributed by atoms with van der Waals surface area (Å²) >= 11 is 0. The number of aromatic nitrogens is 2. The van der Waals surface area contributed by atoms with Crippen molar-refractivity contribution < 1.29 is 22.7 Å². The van der Waals surface area contributed by atoms with Crippen molar-refractivity contribution in [2.75, 3.05) is 23.8 Å². The van der Waals surface area contributed by atoms with Crippen LogP contribution in [0, 0.1) is 17.5 Å². The molecule has 6 nitrogen and oxygen atoms in total. The lowest BCUT2D eigenvalue weighted by Gasteiger charge is -2.11. The van der Waals surface area contributed by atoms with Crippen molar-refractivity contribution in [1.29, 1.82) is 0 Å². The number of benzene rings is 1.